The summed E-state index contributed by atoms with van der Waals surface area (Å²) in [6.45, 7) is 0.116. The highest BCUT2D eigenvalue weighted by Gasteiger charge is 2.27. The lowest BCUT2D eigenvalue weighted by Crippen LogP contribution is -2.27. The summed E-state index contributed by atoms with van der Waals surface area (Å²) < 4.78 is 43.8. The number of carbonyl (C=O) groups is 1. The predicted octanol–water partition coefficient (Wildman–Crippen LogP) is 3.92. The second-order valence-corrected chi connectivity index (χ2v) is 9.52. The van der Waals surface area contributed by atoms with Crippen LogP contribution in [0, 0.1) is 11.6 Å². The summed E-state index contributed by atoms with van der Waals surface area (Å²) >= 11 is 0. The number of fused-ring (bicyclic) bond motifs is 2. The van der Waals surface area contributed by atoms with Gasteiger partial charge < -0.3 is 20.4 Å². The van der Waals surface area contributed by atoms with E-state index in [1.54, 1.807) is 17.0 Å². The Morgan fingerprint density at radius 1 is 1.03 bits per heavy atom. The molecule has 0 saturated heterocycles. The van der Waals surface area contributed by atoms with E-state index in [0.29, 0.717) is 29.6 Å². The molecule has 0 saturated carbocycles. The summed E-state index contributed by atoms with van der Waals surface area (Å²) in [6, 6.07) is 14.0. The molecule has 0 atom stereocenters. The molecule has 0 aliphatic carbocycles. The molecule has 1 aromatic heterocycles. The van der Waals surface area contributed by atoms with E-state index >= 15 is 0 Å². The quantitative estimate of drug-likeness (QED) is 0.342. The monoisotopic (exact) mass is 512 g/mol. The van der Waals surface area contributed by atoms with Gasteiger partial charge in [-0.25, -0.2) is 23.3 Å². The van der Waals surface area contributed by atoms with Crippen molar-refractivity contribution in [1.29, 1.82) is 0 Å². The number of phosphoric acid groups is 1. The van der Waals surface area contributed by atoms with E-state index in [4.69, 9.17) is 15.5 Å². The van der Waals surface area contributed by atoms with E-state index in [9.17, 15) is 18.1 Å². The van der Waals surface area contributed by atoms with Gasteiger partial charge in [-0.1, -0.05) is 30.3 Å². The van der Waals surface area contributed by atoms with E-state index in [1.807, 2.05) is 24.3 Å². The first kappa shape index (κ1) is 24.0. The van der Waals surface area contributed by atoms with Crippen molar-refractivity contribution in [1.82, 2.24) is 14.9 Å². The van der Waals surface area contributed by atoms with Gasteiger partial charge in [0.25, 0.3) is 5.91 Å². The van der Waals surface area contributed by atoms with Gasteiger partial charge in [0.2, 0.25) is 5.95 Å². The average molecular weight is 512 g/mol. The summed E-state index contributed by atoms with van der Waals surface area (Å²) in [5, 5.41) is 0.328. The number of nitrogens with zero attached hydrogens (tertiary/aromatic N) is 3. The van der Waals surface area contributed by atoms with Crippen molar-refractivity contribution in [2.24, 2.45) is 0 Å². The third kappa shape index (κ3) is 4.69. The zero-order valence-corrected chi connectivity index (χ0v) is 19.5. The molecule has 5 rings (SSSR count). The lowest BCUT2D eigenvalue weighted by atomic mass is 9.97. The lowest BCUT2D eigenvalue weighted by Gasteiger charge is -2.17. The maximum absolute atomic E-state index is 14.2. The Labute approximate surface area is 203 Å². The minimum atomic E-state index is -4.87. The molecule has 9 nitrogen and oxygen atoms in total. The van der Waals surface area contributed by atoms with E-state index in [1.165, 1.54) is 6.07 Å². The molecule has 3 aromatic carbocycles. The van der Waals surface area contributed by atoms with Crippen molar-refractivity contribution in [3.63, 3.8) is 0 Å². The number of hydrogen-bond acceptors (Lipinski definition) is 6. The smallest absolute Gasteiger partial charge is 0.368 e. The van der Waals surface area contributed by atoms with Crippen LogP contribution in [-0.2, 0) is 28.8 Å². The maximum Gasteiger partial charge on any atom is 0.469 e. The van der Waals surface area contributed by atoms with E-state index in [2.05, 4.69) is 14.5 Å². The molecule has 0 unspecified atom stereocenters. The molecule has 2 heterocycles. The van der Waals surface area contributed by atoms with Gasteiger partial charge in [0.15, 0.2) is 11.6 Å². The topological polar surface area (TPSA) is 139 Å². The van der Waals surface area contributed by atoms with Crippen LogP contribution < -0.4 is 5.73 Å². The highest BCUT2D eigenvalue weighted by Crippen LogP contribution is 2.39. The largest absolute Gasteiger partial charge is 0.469 e. The number of anilines is 1. The van der Waals surface area contributed by atoms with Crippen molar-refractivity contribution in [2.45, 2.75) is 19.7 Å². The Kier molecular flexibility index (Phi) is 6.01. The van der Waals surface area contributed by atoms with Gasteiger partial charge in [0, 0.05) is 18.5 Å². The summed E-state index contributed by atoms with van der Waals surface area (Å²) in [5.74, 6) is -2.84. The highest BCUT2D eigenvalue weighted by molar-refractivity contribution is 7.46. The minimum absolute atomic E-state index is 0.00388. The summed E-state index contributed by atoms with van der Waals surface area (Å²) in [7, 11) is -4.87. The normalized spacial score (nSPS) is 13.3. The third-order valence-corrected chi connectivity index (χ3v) is 6.35. The van der Waals surface area contributed by atoms with Crippen molar-refractivity contribution in [3.05, 3.63) is 88.6 Å². The molecule has 0 bridgehead atoms. The second kappa shape index (κ2) is 9.03. The van der Waals surface area contributed by atoms with Gasteiger partial charge in [-0.3, -0.25) is 9.32 Å². The first-order valence-electron chi connectivity index (χ1n) is 10.7. The fourth-order valence-corrected chi connectivity index (χ4v) is 4.54. The first-order valence-corrected chi connectivity index (χ1v) is 12.2. The molecule has 0 radical (unpaired) electrons. The van der Waals surface area contributed by atoms with Gasteiger partial charge >= 0.3 is 7.82 Å². The molecule has 1 aliphatic heterocycles. The van der Waals surface area contributed by atoms with Crippen molar-refractivity contribution in [3.8, 4) is 11.1 Å². The van der Waals surface area contributed by atoms with E-state index in [-0.39, 0.29) is 28.7 Å². The van der Waals surface area contributed by atoms with Crippen LogP contribution in [0.2, 0.25) is 0 Å². The molecule has 12 heteroatoms. The predicted molar refractivity (Wildman–Crippen MR) is 126 cm³/mol. The number of phosphoric ester groups is 1. The Morgan fingerprint density at radius 2 is 1.69 bits per heavy atom. The van der Waals surface area contributed by atoms with Crippen LogP contribution in [0.25, 0.3) is 22.0 Å². The summed E-state index contributed by atoms with van der Waals surface area (Å²) in [4.78, 5) is 41.5. The number of carbonyl (C=O) groups excluding carboxylic acids is 1. The molecule has 4 aromatic rings. The van der Waals surface area contributed by atoms with Crippen LogP contribution in [0.5, 0.6) is 0 Å². The average Bonchev–Trinajstić information content (AvgIpc) is 3.27. The Morgan fingerprint density at radius 3 is 2.36 bits per heavy atom. The highest BCUT2D eigenvalue weighted by atomic mass is 31.2. The molecule has 1 amide bonds. The number of hydrogen-bond donors (Lipinski definition) is 3. The standard InChI is InChI=1S/C24H19F2N4O5P/c25-19-8-16(12-35-36(32,33)34)17(9-20(19)26)13-5-6-21-18(7-13)22(29-24(27)28-21)23(31)30-10-14-3-1-2-4-15(14)11-30/h1-9H,10-12H2,(H2,27,28,29)(H2,32,33,34). The molecule has 36 heavy (non-hydrogen) atoms. The fourth-order valence-electron chi connectivity index (χ4n) is 4.23. The van der Waals surface area contributed by atoms with Crippen molar-refractivity contribution >= 4 is 30.6 Å². The summed E-state index contributed by atoms with van der Waals surface area (Å²) in [5.41, 5.74) is 8.76. The number of amides is 1. The Balaban J connectivity index is 1.59. The van der Waals surface area contributed by atoms with Crippen molar-refractivity contribution < 1.29 is 32.5 Å². The van der Waals surface area contributed by atoms with E-state index in [0.717, 1.165) is 23.3 Å². The lowest BCUT2D eigenvalue weighted by molar-refractivity contribution is 0.0747. The number of rotatable bonds is 5. The number of nitrogen functional groups attached to an aromatic ring is 1. The molecule has 4 N–H and O–H groups in total. The zero-order valence-electron chi connectivity index (χ0n) is 18.6. The SMILES string of the molecule is Nc1nc(C(=O)N2Cc3ccccc3C2)c2cc(-c3cc(F)c(F)cc3COP(=O)(O)O)ccc2n1. The number of halogens is 2. The molecular formula is C24H19F2N4O5P. The molecule has 184 valence electrons. The molecule has 0 spiro atoms. The maximum atomic E-state index is 14.2. The molecular weight excluding hydrogens is 493 g/mol. The van der Waals surface area contributed by atoms with Crippen LogP contribution >= 0.6 is 7.82 Å². The number of nitrogens with two attached hydrogens (primary N) is 1. The van der Waals surface area contributed by atoms with Crippen LogP contribution in [0.4, 0.5) is 14.7 Å². The number of aromatic nitrogens is 2. The van der Waals surface area contributed by atoms with Gasteiger partial charge in [-0.15, -0.1) is 0 Å². The Bertz CT molecular complexity index is 1550. The zero-order chi connectivity index (χ0) is 25.6. The minimum Gasteiger partial charge on any atom is -0.368 e. The Hall–Kier alpha value is -3.76. The first-order chi connectivity index (χ1) is 17.1. The van der Waals surface area contributed by atoms with Crippen LogP contribution in [-0.4, -0.2) is 30.6 Å². The third-order valence-electron chi connectivity index (χ3n) is 5.89. The van der Waals surface area contributed by atoms with Crippen LogP contribution in [0.15, 0.2) is 54.6 Å². The molecule has 0 fully saturated rings. The van der Waals surface area contributed by atoms with Crippen molar-refractivity contribution in [2.75, 3.05) is 5.73 Å². The second-order valence-electron chi connectivity index (χ2n) is 8.28. The molecule has 1 aliphatic rings. The van der Waals surface area contributed by atoms with Gasteiger partial charge in [-0.2, -0.15) is 0 Å². The fraction of sp³-hybridized carbons (Fsp3) is 0.125. The van der Waals surface area contributed by atoms with Crippen LogP contribution in [0.3, 0.4) is 0 Å². The number of benzene rings is 3. The van der Waals surface area contributed by atoms with Gasteiger partial charge in [0.05, 0.1) is 12.1 Å². The summed E-state index contributed by atoms with van der Waals surface area (Å²) in [6.07, 6.45) is 0. The van der Waals surface area contributed by atoms with Crippen LogP contribution in [0.1, 0.15) is 27.2 Å². The van der Waals surface area contributed by atoms with Gasteiger partial charge in [0.1, 0.15) is 5.69 Å². The van der Waals surface area contributed by atoms with Gasteiger partial charge in [-0.05, 0) is 52.1 Å². The van der Waals surface area contributed by atoms with E-state index < -0.39 is 26.1 Å².